The van der Waals surface area contributed by atoms with Crippen molar-refractivity contribution in [1.29, 1.82) is 0 Å². The minimum atomic E-state index is -3.66. The van der Waals surface area contributed by atoms with E-state index >= 15 is 0 Å². The first-order valence-corrected chi connectivity index (χ1v) is 9.21. The molecular weight excluding hydrogens is 348 g/mol. The van der Waals surface area contributed by atoms with Gasteiger partial charge in [0.05, 0.1) is 15.5 Å². The minimum Gasteiger partial charge on any atom is -0.288 e. The first-order chi connectivity index (χ1) is 11.4. The molecule has 1 heterocycles. The number of rotatable bonds is 4. The molecule has 0 atom stereocenters. The molecule has 3 rings (SSSR count). The fourth-order valence-corrected chi connectivity index (χ4v) is 4.42. The first kappa shape index (κ1) is 16.4. The number of anilines is 1. The van der Waals surface area contributed by atoms with E-state index in [1.54, 1.807) is 60.1 Å². The van der Waals surface area contributed by atoms with E-state index in [1.807, 2.05) is 0 Å². The Morgan fingerprint density at radius 3 is 2.50 bits per heavy atom. The van der Waals surface area contributed by atoms with E-state index in [-0.39, 0.29) is 4.90 Å². The summed E-state index contributed by atoms with van der Waals surface area (Å²) in [6.07, 6.45) is 0. The molecule has 0 unspecified atom stereocenters. The zero-order valence-corrected chi connectivity index (χ0v) is 14.3. The number of amides is 1. The Morgan fingerprint density at radius 1 is 1.12 bits per heavy atom. The van der Waals surface area contributed by atoms with Crippen molar-refractivity contribution in [3.05, 3.63) is 59.5 Å². The van der Waals surface area contributed by atoms with Crippen LogP contribution < -0.4 is 9.79 Å². The van der Waals surface area contributed by atoms with Gasteiger partial charge in [-0.3, -0.25) is 14.3 Å². The monoisotopic (exact) mass is 362 g/mol. The summed E-state index contributed by atoms with van der Waals surface area (Å²) in [6.45, 7) is 0. The summed E-state index contributed by atoms with van der Waals surface area (Å²) in [6, 6.07) is 14.9. The molecule has 1 aromatic heterocycles. The van der Waals surface area contributed by atoms with Gasteiger partial charge in [-0.2, -0.15) is 0 Å². The molecule has 3 aromatic rings. The number of carbonyl (C=O) groups excluding carboxylic acids is 1. The van der Waals surface area contributed by atoms with Crippen LogP contribution in [0.25, 0.3) is 10.1 Å². The van der Waals surface area contributed by atoms with Gasteiger partial charge in [0, 0.05) is 11.7 Å². The van der Waals surface area contributed by atoms with Gasteiger partial charge < -0.3 is 0 Å². The van der Waals surface area contributed by atoms with E-state index in [1.165, 1.54) is 22.7 Å². The zero-order chi connectivity index (χ0) is 17.3. The number of hydrogen-bond acceptors (Lipinski definition) is 5. The van der Waals surface area contributed by atoms with Gasteiger partial charge >= 0.3 is 0 Å². The van der Waals surface area contributed by atoms with Crippen molar-refractivity contribution in [3.8, 4) is 0 Å². The highest BCUT2D eigenvalue weighted by Crippen LogP contribution is 2.31. The lowest BCUT2D eigenvalue weighted by molar-refractivity contribution is 0.0711. The molecule has 0 radical (unpaired) electrons. The normalized spacial score (nSPS) is 11.4. The number of carbonyl (C=O) groups is 1. The second-order valence-electron chi connectivity index (χ2n) is 5.06. The third-order valence-corrected chi connectivity index (χ3v) is 6.51. The van der Waals surface area contributed by atoms with Gasteiger partial charge in [0.2, 0.25) is 0 Å². The van der Waals surface area contributed by atoms with Gasteiger partial charge in [-0.15, -0.1) is 11.3 Å². The molecule has 0 saturated carbocycles. The number of sulfonamides is 1. The van der Waals surface area contributed by atoms with Crippen molar-refractivity contribution in [2.24, 2.45) is 0 Å². The predicted octanol–water partition coefficient (Wildman–Crippen LogP) is 2.85. The number of nitrogens with zero attached hydrogens (tertiary/aromatic N) is 1. The summed E-state index contributed by atoms with van der Waals surface area (Å²) in [5.41, 5.74) is 2.08. The zero-order valence-electron chi connectivity index (χ0n) is 12.6. The Bertz CT molecular complexity index is 997. The molecule has 1 amide bonds. The van der Waals surface area contributed by atoms with Crippen LogP contribution in [0.1, 0.15) is 9.67 Å². The number of thiophene rings is 1. The number of nitrogens with one attached hydrogen (secondary N) is 1. The summed E-state index contributed by atoms with van der Waals surface area (Å²) < 4.78 is 27.3. The Hall–Kier alpha value is -2.42. The molecular formula is C16H14N2O4S2. The fraction of sp³-hybridized carbons (Fsp3) is 0.0625. The van der Waals surface area contributed by atoms with Crippen molar-refractivity contribution in [2.45, 2.75) is 4.90 Å². The van der Waals surface area contributed by atoms with Crippen LogP contribution in [0.4, 0.5) is 5.69 Å². The fourth-order valence-electron chi connectivity index (χ4n) is 2.28. The highest BCUT2D eigenvalue weighted by atomic mass is 32.2. The second-order valence-corrected chi connectivity index (χ2v) is 8.11. The molecule has 0 aliphatic carbocycles. The highest BCUT2D eigenvalue weighted by molar-refractivity contribution is 7.92. The van der Waals surface area contributed by atoms with Crippen molar-refractivity contribution in [3.63, 3.8) is 0 Å². The van der Waals surface area contributed by atoms with Crippen LogP contribution in [0.2, 0.25) is 0 Å². The van der Waals surface area contributed by atoms with Crippen LogP contribution in [0.15, 0.2) is 59.5 Å². The van der Waals surface area contributed by atoms with Gasteiger partial charge in [-0.1, -0.05) is 18.2 Å². The van der Waals surface area contributed by atoms with Crippen molar-refractivity contribution in [1.82, 2.24) is 5.48 Å². The summed E-state index contributed by atoms with van der Waals surface area (Å²) in [5, 5.41) is 9.44. The van der Waals surface area contributed by atoms with Crippen LogP contribution in [-0.4, -0.2) is 26.6 Å². The van der Waals surface area contributed by atoms with Crippen LogP contribution in [0, 0.1) is 0 Å². The Kier molecular flexibility index (Phi) is 4.27. The number of hydrogen-bond donors (Lipinski definition) is 2. The molecule has 0 fully saturated rings. The Labute approximate surface area is 143 Å². The molecule has 2 N–H and O–H groups in total. The van der Waals surface area contributed by atoms with Crippen molar-refractivity contribution in [2.75, 3.05) is 11.4 Å². The molecule has 0 aliphatic rings. The standard InChI is InChI=1S/C16H14N2O4S2/c1-18(24(21,22)13-5-3-2-4-6-13)12-7-8-14-11(9-12)10-15(23-14)16(19)17-20/h2-10,20H,1H3,(H,17,19). The lowest BCUT2D eigenvalue weighted by atomic mass is 10.2. The lowest BCUT2D eigenvalue weighted by Crippen LogP contribution is -2.26. The third-order valence-electron chi connectivity index (χ3n) is 3.59. The summed E-state index contributed by atoms with van der Waals surface area (Å²) in [7, 11) is -2.17. The molecule has 2 aromatic carbocycles. The van der Waals surface area contributed by atoms with E-state index in [4.69, 9.17) is 5.21 Å². The molecule has 6 nitrogen and oxygen atoms in total. The van der Waals surface area contributed by atoms with Gasteiger partial charge in [0.1, 0.15) is 0 Å². The second kappa shape index (κ2) is 6.23. The summed E-state index contributed by atoms with van der Waals surface area (Å²) in [4.78, 5) is 12.0. The molecule has 0 saturated heterocycles. The predicted molar refractivity (Wildman–Crippen MR) is 93.1 cm³/mol. The van der Waals surface area contributed by atoms with Gasteiger partial charge in [-0.05, 0) is 41.8 Å². The maximum Gasteiger partial charge on any atom is 0.284 e. The number of fused-ring (bicyclic) bond motifs is 1. The molecule has 124 valence electrons. The van der Waals surface area contributed by atoms with E-state index in [0.717, 1.165) is 10.1 Å². The smallest absolute Gasteiger partial charge is 0.284 e. The van der Waals surface area contributed by atoms with Crippen LogP contribution >= 0.6 is 11.3 Å². The molecule has 0 spiro atoms. The Morgan fingerprint density at radius 2 is 1.83 bits per heavy atom. The number of benzene rings is 2. The molecule has 8 heteroatoms. The van der Waals surface area contributed by atoms with Crippen LogP contribution in [-0.2, 0) is 10.0 Å². The Balaban J connectivity index is 2.01. The van der Waals surface area contributed by atoms with E-state index < -0.39 is 15.9 Å². The average Bonchev–Trinajstić information content (AvgIpc) is 3.04. The molecule has 0 aliphatic heterocycles. The third kappa shape index (κ3) is 2.86. The van der Waals surface area contributed by atoms with Crippen molar-refractivity contribution < 1.29 is 18.4 Å². The van der Waals surface area contributed by atoms with Crippen LogP contribution in [0.3, 0.4) is 0 Å². The lowest BCUT2D eigenvalue weighted by Gasteiger charge is -2.19. The quantitative estimate of drug-likeness (QED) is 0.552. The summed E-state index contributed by atoms with van der Waals surface area (Å²) in [5.74, 6) is -0.594. The number of hydroxylamine groups is 1. The highest BCUT2D eigenvalue weighted by Gasteiger charge is 2.21. The molecule has 24 heavy (non-hydrogen) atoms. The van der Waals surface area contributed by atoms with Crippen LogP contribution in [0.5, 0.6) is 0 Å². The van der Waals surface area contributed by atoms with Gasteiger partial charge in [-0.25, -0.2) is 13.9 Å². The minimum absolute atomic E-state index is 0.207. The maximum atomic E-state index is 12.7. The first-order valence-electron chi connectivity index (χ1n) is 6.95. The SMILES string of the molecule is CN(c1ccc2sc(C(=O)NO)cc2c1)S(=O)(=O)c1ccccc1. The van der Waals surface area contributed by atoms with E-state index in [9.17, 15) is 13.2 Å². The molecule has 0 bridgehead atoms. The topological polar surface area (TPSA) is 86.7 Å². The summed E-state index contributed by atoms with van der Waals surface area (Å²) >= 11 is 1.21. The average molecular weight is 362 g/mol. The van der Waals surface area contributed by atoms with Crippen molar-refractivity contribution >= 4 is 43.0 Å². The van der Waals surface area contributed by atoms with E-state index in [0.29, 0.717) is 10.6 Å². The maximum absolute atomic E-state index is 12.7. The largest absolute Gasteiger partial charge is 0.288 e. The van der Waals surface area contributed by atoms with E-state index in [2.05, 4.69) is 0 Å². The van der Waals surface area contributed by atoms with Gasteiger partial charge in [0.15, 0.2) is 0 Å². The van der Waals surface area contributed by atoms with Gasteiger partial charge in [0.25, 0.3) is 15.9 Å².